The van der Waals surface area contributed by atoms with Crippen LogP contribution in [-0.2, 0) is 10.0 Å². The fourth-order valence-electron chi connectivity index (χ4n) is 2.52. The Morgan fingerprint density at radius 2 is 1.30 bits per heavy atom. The molecule has 0 saturated heterocycles. The Hall–Kier alpha value is -2.99. The summed E-state index contributed by atoms with van der Waals surface area (Å²) in [5, 5.41) is 3.28. The molecule has 0 aliphatic heterocycles. The maximum atomic E-state index is 12.5. The second-order valence-corrected chi connectivity index (χ2v) is 7.76. The van der Waals surface area contributed by atoms with Crippen LogP contribution in [0.4, 0.5) is 17.1 Å². The van der Waals surface area contributed by atoms with Crippen LogP contribution in [0.15, 0.2) is 77.7 Å². The molecule has 0 spiro atoms. The Morgan fingerprint density at radius 3 is 1.85 bits per heavy atom. The SMILES string of the molecule is CCOc1ccc(S(=O)(=O)Nc2ccc(Nc3ccc(C)cc3)cc2)cc1. The molecular formula is C21H22N2O3S. The third-order valence-corrected chi connectivity index (χ3v) is 5.32. The van der Waals surface area contributed by atoms with Crippen LogP contribution in [0.5, 0.6) is 5.75 Å². The van der Waals surface area contributed by atoms with Gasteiger partial charge in [-0.25, -0.2) is 8.42 Å². The van der Waals surface area contributed by atoms with Gasteiger partial charge >= 0.3 is 0 Å². The molecule has 27 heavy (non-hydrogen) atoms. The van der Waals surface area contributed by atoms with Crippen molar-refractivity contribution < 1.29 is 13.2 Å². The first kappa shape index (κ1) is 18.8. The van der Waals surface area contributed by atoms with Crippen molar-refractivity contribution in [3.8, 4) is 5.75 Å². The molecule has 0 amide bonds. The lowest BCUT2D eigenvalue weighted by Gasteiger charge is -2.11. The number of aryl methyl sites for hydroxylation is 1. The van der Waals surface area contributed by atoms with E-state index in [1.165, 1.54) is 17.7 Å². The smallest absolute Gasteiger partial charge is 0.261 e. The molecule has 0 unspecified atom stereocenters. The van der Waals surface area contributed by atoms with Gasteiger partial charge in [0.05, 0.1) is 11.5 Å². The van der Waals surface area contributed by atoms with Gasteiger partial charge in [0.25, 0.3) is 10.0 Å². The third-order valence-electron chi connectivity index (χ3n) is 3.92. The molecule has 3 aromatic carbocycles. The van der Waals surface area contributed by atoms with Crippen LogP contribution in [0.2, 0.25) is 0 Å². The lowest BCUT2D eigenvalue weighted by molar-refractivity contribution is 0.340. The van der Waals surface area contributed by atoms with Gasteiger partial charge in [0.2, 0.25) is 0 Å². The van der Waals surface area contributed by atoms with E-state index in [0.717, 1.165) is 11.4 Å². The minimum Gasteiger partial charge on any atom is -0.494 e. The predicted octanol–water partition coefficient (Wildman–Crippen LogP) is 4.94. The summed E-state index contributed by atoms with van der Waals surface area (Å²) in [4.78, 5) is 0.188. The molecule has 0 atom stereocenters. The average molecular weight is 382 g/mol. The third kappa shape index (κ3) is 5.01. The van der Waals surface area contributed by atoms with Crippen molar-refractivity contribution in [2.75, 3.05) is 16.6 Å². The van der Waals surface area contributed by atoms with E-state index in [2.05, 4.69) is 10.0 Å². The van der Waals surface area contributed by atoms with Crippen molar-refractivity contribution in [3.63, 3.8) is 0 Å². The van der Waals surface area contributed by atoms with Crippen molar-refractivity contribution >= 4 is 27.1 Å². The number of benzene rings is 3. The van der Waals surface area contributed by atoms with E-state index in [9.17, 15) is 8.42 Å². The average Bonchev–Trinajstić information content (AvgIpc) is 2.66. The highest BCUT2D eigenvalue weighted by atomic mass is 32.2. The van der Waals surface area contributed by atoms with Crippen molar-refractivity contribution in [2.24, 2.45) is 0 Å². The second kappa shape index (κ2) is 8.14. The minimum atomic E-state index is -3.65. The number of rotatable bonds is 7. The predicted molar refractivity (Wildman–Crippen MR) is 109 cm³/mol. The van der Waals surface area contributed by atoms with Gasteiger partial charge in [-0.15, -0.1) is 0 Å². The van der Waals surface area contributed by atoms with Gasteiger partial charge < -0.3 is 10.1 Å². The summed E-state index contributed by atoms with van der Waals surface area (Å²) >= 11 is 0. The zero-order chi connectivity index (χ0) is 19.3. The fraction of sp³-hybridized carbons (Fsp3) is 0.143. The van der Waals surface area contributed by atoms with Crippen LogP contribution in [0.1, 0.15) is 12.5 Å². The summed E-state index contributed by atoms with van der Waals surface area (Å²) in [6.07, 6.45) is 0. The molecule has 0 heterocycles. The minimum absolute atomic E-state index is 0.188. The Kier molecular flexibility index (Phi) is 5.66. The zero-order valence-electron chi connectivity index (χ0n) is 15.3. The van der Waals surface area contributed by atoms with Gasteiger partial charge in [-0.2, -0.15) is 0 Å². The Bertz CT molecular complexity index is 981. The lowest BCUT2D eigenvalue weighted by atomic mass is 10.2. The van der Waals surface area contributed by atoms with Crippen LogP contribution in [0.25, 0.3) is 0 Å². The monoisotopic (exact) mass is 382 g/mol. The maximum Gasteiger partial charge on any atom is 0.261 e. The molecule has 140 valence electrons. The van der Waals surface area contributed by atoms with E-state index in [-0.39, 0.29) is 4.90 Å². The van der Waals surface area contributed by atoms with Crippen LogP contribution < -0.4 is 14.8 Å². The van der Waals surface area contributed by atoms with E-state index in [1.807, 2.05) is 50.2 Å². The quantitative estimate of drug-likeness (QED) is 0.607. The summed E-state index contributed by atoms with van der Waals surface area (Å²) in [6.45, 7) is 4.45. The van der Waals surface area contributed by atoms with E-state index in [4.69, 9.17) is 4.74 Å². The first-order chi connectivity index (χ1) is 13.0. The number of nitrogens with one attached hydrogen (secondary N) is 2. The van der Waals surface area contributed by atoms with Gasteiger partial charge in [0.1, 0.15) is 5.75 Å². The normalized spacial score (nSPS) is 11.0. The van der Waals surface area contributed by atoms with Crippen LogP contribution in [0, 0.1) is 6.92 Å². The first-order valence-corrected chi connectivity index (χ1v) is 10.1. The Labute approximate surface area is 160 Å². The number of hydrogen-bond acceptors (Lipinski definition) is 4. The molecule has 0 bridgehead atoms. The highest BCUT2D eigenvalue weighted by Gasteiger charge is 2.14. The zero-order valence-corrected chi connectivity index (χ0v) is 16.1. The summed E-state index contributed by atoms with van der Waals surface area (Å²) in [5.74, 6) is 0.642. The highest BCUT2D eigenvalue weighted by Crippen LogP contribution is 2.22. The molecule has 0 fully saturated rings. The van der Waals surface area contributed by atoms with E-state index < -0.39 is 10.0 Å². The molecule has 5 nitrogen and oxygen atoms in total. The summed E-state index contributed by atoms with van der Waals surface area (Å²) < 4.78 is 32.9. The molecule has 0 aliphatic carbocycles. The van der Waals surface area contributed by atoms with E-state index in [1.54, 1.807) is 24.3 Å². The first-order valence-electron chi connectivity index (χ1n) is 8.66. The molecule has 0 aliphatic rings. The fourth-order valence-corrected chi connectivity index (χ4v) is 3.58. The van der Waals surface area contributed by atoms with Crippen molar-refractivity contribution in [1.82, 2.24) is 0 Å². The van der Waals surface area contributed by atoms with Gasteiger partial charge in [-0.05, 0) is 74.5 Å². The molecule has 6 heteroatoms. The number of sulfonamides is 1. The molecule has 3 aromatic rings. The number of hydrogen-bond donors (Lipinski definition) is 2. The Morgan fingerprint density at radius 1 is 0.778 bits per heavy atom. The Balaban J connectivity index is 1.68. The number of ether oxygens (including phenoxy) is 1. The van der Waals surface area contributed by atoms with E-state index in [0.29, 0.717) is 18.0 Å². The van der Waals surface area contributed by atoms with Gasteiger partial charge in [0, 0.05) is 17.1 Å². The van der Waals surface area contributed by atoms with Crippen LogP contribution >= 0.6 is 0 Å². The maximum absolute atomic E-state index is 12.5. The van der Waals surface area contributed by atoms with Gasteiger partial charge in [0.15, 0.2) is 0 Å². The molecule has 0 aromatic heterocycles. The molecular weight excluding hydrogens is 360 g/mol. The van der Waals surface area contributed by atoms with Crippen LogP contribution in [0.3, 0.4) is 0 Å². The number of anilines is 3. The molecule has 3 rings (SSSR count). The molecule has 0 saturated carbocycles. The van der Waals surface area contributed by atoms with Crippen molar-refractivity contribution in [1.29, 1.82) is 0 Å². The van der Waals surface area contributed by atoms with Crippen LogP contribution in [-0.4, -0.2) is 15.0 Å². The van der Waals surface area contributed by atoms with Crippen molar-refractivity contribution in [3.05, 3.63) is 78.4 Å². The van der Waals surface area contributed by atoms with Gasteiger partial charge in [-0.1, -0.05) is 17.7 Å². The molecule has 2 N–H and O–H groups in total. The van der Waals surface area contributed by atoms with E-state index >= 15 is 0 Å². The topological polar surface area (TPSA) is 67.4 Å². The molecule has 0 radical (unpaired) electrons. The lowest BCUT2D eigenvalue weighted by Crippen LogP contribution is -2.12. The second-order valence-electron chi connectivity index (χ2n) is 6.08. The summed E-state index contributed by atoms with van der Waals surface area (Å²) in [6, 6.07) is 21.5. The summed E-state index contributed by atoms with van der Waals surface area (Å²) in [5.41, 5.74) is 3.55. The summed E-state index contributed by atoms with van der Waals surface area (Å²) in [7, 11) is -3.65. The van der Waals surface area contributed by atoms with Gasteiger partial charge in [-0.3, -0.25) is 4.72 Å². The largest absolute Gasteiger partial charge is 0.494 e. The standard InChI is InChI=1S/C21H22N2O3S/c1-3-26-20-12-14-21(15-13-20)27(24,25)23-19-10-8-18(9-11-19)22-17-6-4-16(2)5-7-17/h4-15,22-23H,3H2,1-2H3. The highest BCUT2D eigenvalue weighted by molar-refractivity contribution is 7.92. The van der Waals surface area contributed by atoms with Crippen molar-refractivity contribution in [2.45, 2.75) is 18.7 Å².